The fraction of sp³-hybridized carbons (Fsp3) is 0.786. The van der Waals surface area contributed by atoms with E-state index in [2.05, 4.69) is 0 Å². The average molecular weight is 254 g/mol. The Bertz CT molecular complexity index is 356. The van der Waals surface area contributed by atoms with E-state index in [0.717, 1.165) is 25.7 Å². The van der Waals surface area contributed by atoms with Gasteiger partial charge in [-0.1, -0.05) is 33.6 Å². The molecular formula is C14H22O4. The van der Waals surface area contributed by atoms with Gasteiger partial charge in [0.1, 0.15) is 0 Å². The van der Waals surface area contributed by atoms with Crippen molar-refractivity contribution in [2.24, 2.45) is 10.8 Å². The number of esters is 1. The van der Waals surface area contributed by atoms with Gasteiger partial charge < -0.3 is 4.74 Å². The van der Waals surface area contributed by atoms with Crippen molar-refractivity contribution >= 4 is 17.5 Å². The molecule has 1 aliphatic carbocycles. The summed E-state index contributed by atoms with van der Waals surface area (Å²) in [7, 11) is 0. The number of carbonyl (C=O) groups is 3. The lowest BCUT2D eigenvalue weighted by molar-refractivity contribution is -0.165. The Balaban J connectivity index is 2.74. The molecule has 1 saturated carbocycles. The lowest BCUT2D eigenvalue weighted by Gasteiger charge is -2.39. The fourth-order valence-corrected chi connectivity index (χ4v) is 2.61. The van der Waals surface area contributed by atoms with Crippen molar-refractivity contribution in [2.45, 2.75) is 53.4 Å². The van der Waals surface area contributed by atoms with Crippen LogP contribution in [0.5, 0.6) is 0 Å². The second-order valence-electron chi connectivity index (χ2n) is 6.09. The minimum Gasteiger partial charge on any atom is -0.457 e. The predicted octanol–water partition coefficient (Wildman–Crippen LogP) is 2.29. The number of carbonyl (C=O) groups excluding carboxylic acids is 3. The first-order valence-corrected chi connectivity index (χ1v) is 6.42. The molecule has 0 heterocycles. The molecule has 0 aromatic rings. The number of Topliss-reactive ketones (excluding diaryl/α,β-unsaturated/α-hetero) is 2. The molecule has 0 N–H and O–H groups in total. The van der Waals surface area contributed by atoms with Crippen LogP contribution in [0.15, 0.2) is 0 Å². The molecule has 0 radical (unpaired) electrons. The van der Waals surface area contributed by atoms with Gasteiger partial charge in [0.2, 0.25) is 5.78 Å². The van der Waals surface area contributed by atoms with Crippen LogP contribution in [-0.4, -0.2) is 24.1 Å². The predicted molar refractivity (Wildman–Crippen MR) is 67.0 cm³/mol. The summed E-state index contributed by atoms with van der Waals surface area (Å²) >= 11 is 0. The Morgan fingerprint density at radius 1 is 1.11 bits per heavy atom. The van der Waals surface area contributed by atoms with E-state index >= 15 is 0 Å². The van der Waals surface area contributed by atoms with Crippen molar-refractivity contribution in [2.75, 3.05) is 6.61 Å². The minimum atomic E-state index is -0.648. The van der Waals surface area contributed by atoms with Crippen LogP contribution < -0.4 is 0 Å². The van der Waals surface area contributed by atoms with Crippen molar-refractivity contribution in [1.29, 1.82) is 0 Å². The lowest BCUT2D eigenvalue weighted by Crippen LogP contribution is -2.42. The Morgan fingerprint density at radius 3 is 2.00 bits per heavy atom. The van der Waals surface area contributed by atoms with E-state index in [1.165, 1.54) is 6.92 Å². The smallest absolute Gasteiger partial charge is 0.313 e. The second-order valence-corrected chi connectivity index (χ2v) is 6.09. The highest BCUT2D eigenvalue weighted by molar-refractivity contribution is 6.36. The first kappa shape index (κ1) is 14.9. The SMILES string of the molecule is CC(=O)C(=O)COC(=O)C1(C(C)(C)C)CCCC1. The molecule has 0 aromatic heterocycles. The Labute approximate surface area is 108 Å². The first-order chi connectivity index (χ1) is 8.21. The number of hydrogen-bond acceptors (Lipinski definition) is 4. The van der Waals surface area contributed by atoms with Crippen molar-refractivity contribution in [1.82, 2.24) is 0 Å². The van der Waals surface area contributed by atoms with Gasteiger partial charge in [0.25, 0.3) is 0 Å². The van der Waals surface area contributed by atoms with Crippen LogP contribution in [0.3, 0.4) is 0 Å². The molecule has 0 saturated heterocycles. The van der Waals surface area contributed by atoms with Gasteiger partial charge in [-0.25, -0.2) is 0 Å². The zero-order valence-corrected chi connectivity index (χ0v) is 11.7. The molecule has 0 spiro atoms. The average Bonchev–Trinajstić information content (AvgIpc) is 2.74. The standard InChI is InChI=1S/C14H22O4/c1-10(15)11(16)9-18-12(17)14(13(2,3)4)7-5-6-8-14/h5-9H2,1-4H3. The molecule has 0 bridgehead atoms. The molecule has 18 heavy (non-hydrogen) atoms. The van der Waals surface area contributed by atoms with Gasteiger partial charge in [-0.2, -0.15) is 0 Å². The molecule has 4 heteroatoms. The van der Waals surface area contributed by atoms with Crippen LogP contribution in [0.4, 0.5) is 0 Å². The quantitative estimate of drug-likeness (QED) is 0.570. The van der Waals surface area contributed by atoms with Crippen molar-refractivity contribution < 1.29 is 19.1 Å². The third-order valence-electron chi connectivity index (χ3n) is 4.01. The zero-order valence-electron chi connectivity index (χ0n) is 11.7. The number of ketones is 2. The summed E-state index contributed by atoms with van der Waals surface area (Å²) in [6, 6.07) is 0. The molecule has 0 aliphatic heterocycles. The number of rotatable bonds is 4. The summed E-state index contributed by atoms with van der Waals surface area (Å²) in [4.78, 5) is 34.3. The highest BCUT2D eigenvalue weighted by Crippen LogP contribution is 2.51. The third-order valence-corrected chi connectivity index (χ3v) is 4.01. The van der Waals surface area contributed by atoms with E-state index < -0.39 is 23.6 Å². The van der Waals surface area contributed by atoms with Gasteiger partial charge in [0.15, 0.2) is 12.4 Å². The maximum absolute atomic E-state index is 12.3. The molecular weight excluding hydrogens is 232 g/mol. The largest absolute Gasteiger partial charge is 0.457 e. The molecule has 1 aliphatic rings. The van der Waals surface area contributed by atoms with E-state index in [-0.39, 0.29) is 11.4 Å². The van der Waals surface area contributed by atoms with Crippen molar-refractivity contribution in [3.63, 3.8) is 0 Å². The van der Waals surface area contributed by atoms with E-state index in [4.69, 9.17) is 4.74 Å². The van der Waals surface area contributed by atoms with E-state index in [1.54, 1.807) is 0 Å². The van der Waals surface area contributed by atoms with Gasteiger partial charge in [-0.3, -0.25) is 14.4 Å². The lowest BCUT2D eigenvalue weighted by atomic mass is 9.65. The molecule has 1 fully saturated rings. The molecule has 0 atom stereocenters. The molecule has 0 unspecified atom stereocenters. The number of ether oxygens (including phenoxy) is 1. The number of hydrogen-bond donors (Lipinski definition) is 0. The maximum Gasteiger partial charge on any atom is 0.313 e. The minimum absolute atomic E-state index is 0.195. The highest BCUT2D eigenvalue weighted by atomic mass is 16.5. The van der Waals surface area contributed by atoms with E-state index in [0.29, 0.717) is 0 Å². The molecule has 1 rings (SSSR count). The van der Waals surface area contributed by atoms with Gasteiger partial charge in [-0.05, 0) is 18.3 Å². The zero-order chi connectivity index (χ0) is 14.0. The molecule has 102 valence electrons. The van der Waals surface area contributed by atoms with Crippen LogP contribution in [0.25, 0.3) is 0 Å². The van der Waals surface area contributed by atoms with Gasteiger partial charge in [-0.15, -0.1) is 0 Å². The van der Waals surface area contributed by atoms with Gasteiger partial charge in [0, 0.05) is 6.92 Å². The van der Waals surface area contributed by atoms with Crippen LogP contribution in [0.1, 0.15) is 53.4 Å². The summed E-state index contributed by atoms with van der Waals surface area (Å²) < 4.78 is 5.07. The van der Waals surface area contributed by atoms with E-state index in [9.17, 15) is 14.4 Å². The van der Waals surface area contributed by atoms with Crippen LogP contribution in [0.2, 0.25) is 0 Å². The summed E-state index contributed by atoms with van der Waals surface area (Å²) in [6.07, 6.45) is 3.60. The fourth-order valence-electron chi connectivity index (χ4n) is 2.61. The van der Waals surface area contributed by atoms with Crippen LogP contribution in [0, 0.1) is 10.8 Å². The Kier molecular flexibility index (Phi) is 4.30. The van der Waals surface area contributed by atoms with Crippen molar-refractivity contribution in [3.05, 3.63) is 0 Å². The van der Waals surface area contributed by atoms with Crippen molar-refractivity contribution in [3.8, 4) is 0 Å². The maximum atomic E-state index is 12.3. The highest BCUT2D eigenvalue weighted by Gasteiger charge is 2.51. The van der Waals surface area contributed by atoms with Crippen LogP contribution in [-0.2, 0) is 19.1 Å². The molecule has 0 aromatic carbocycles. The van der Waals surface area contributed by atoms with Gasteiger partial charge in [0.05, 0.1) is 5.41 Å². The monoisotopic (exact) mass is 254 g/mol. The second kappa shape index (κ2) is 5.21. The summed E-state index contributed by atoms with van der Waals surface area (Å²) in [5.74, 6) is -1.55. The summed E-state index contributed by atoms with van der Waals surface area (Å²) in [5, 5.41) is 0. The topological polar surface area (TPSA) is 60.4 Å². The summed E-state index contributed by atoms with van der Waals surface area (Å²) in [6.45, 7) is 6.82. The normalized spacial score (nSPS) is 18.4. The summed E-state index contributed by atoms with van der Waals surface area (Å²) in [5.41, 5.74) is -0.704. The first-order valence-electron chi connectivity index (χ1n) is 6.42. The Morgan fingerprint density at radius 2 is 1.61 bits per heavy atom. The van der Waals surface area contributed by atoms with Gasteiger partial charge >= 0.3 is 5.97 Å². The Hall–Kier alpha value is -1.19. The van der Waals surface area contributed by atoms with Crippen LogP contribution >= 0.6 is 0 Å². The molecule has 0 amide bonds. The molecule has 4 nitrogen and oxygen atoms in total. The third kappa shape index (κ3) is 2.79. The van der Waals surface area contributed by atoms with E-state index in [1.807, 2.05) is 20.8 Å².